The van der Waals surface area contributed by atoms with Crippen molar-refractivity contribution in [1.82, 2.24) is 29.3 Å². The Balaban J connectivity index is 2.53. The monoisotopic (exact) mass is 237 g/mol. The van der Waals surface area contributed by atoms with Crippen molar-refractivity contribution in [2.75, 3.05) is 5.73 Å². The van der Waals surface area contributed by atoms with E-state index in [2.05, 4.69) is 15.4 Å². The van der Waals surface area contributed by atoms with Crippen molar-refractivity contribution in [2.45, 2.75) is 6.54 Å². The molecule has 2 rings (SSSR count). The average Bonchev–Trinajstić information content (AvgIpc) is 2.68. The minimum Gasteiger partial charge on any atom is -0.393 e. The molecule has 9 nitrogen and oxygen atoms in total. The number of tetrazole rings is 1. The van der Waals surface area contributed by atoms with Crippen LogP contribution >= 0.6 is 0 Å². The van der Waals surface area contributed by atoms with Crippen LogP contribution in [-0.2, 0) is 20.6 Å². The Bertz CT molecular complexity index is 631. The van der Waals surface area contributed by atoms with Crippen LogP contribution in [0.15, 0.2) is 15.8 Å². The smallest absolute Gasteiger partial charge is 0.331 e. The molecule has 0 unspecified atom stereocenters. The first-order valence-electron chi connectivity index (χ1n) is 4.78. The maximum Gasteiger partial charge on any atom is 0.331 e. The van der Waals surface area contributed by atoms with Gasteiger partial charge in [-0.1, -0.05) is 0 Å². The van der Waals surface area contributed by atoms with Crippen molar-refractivity contribution in [3.05, 3.63) is 32.9 Å². The fourth-order valence-electron chi connectivity index (χ4n) is 1.42. The molecule has 2 aromatic heterocycles. The Morgan fingerprint density at radius 3 is 2.65 bits per heavy atom. The van der Waals surface area contributed by atoms with E-state index in [-0.39, 0.29) is 18.1 Å². The van der Waals surface area contributed by atoms with E-state index in [0.717, 1.165) is 4.57 Å². The lowest BCUT2D eigenvalue weighted by Gasteiger charge is -2.05. The first-order valence-corrected chi connectivity index (χ1v) is 4.78. The number of rotatable bonds is 2. The second kappa shape index (κ2) is 3.85. The van der Waals surface area contributed by atoms with Gasteiger partial charge in [0.05, 0.1) is 13.6 Å². The molecular formula is C8H11N7O2. The molecule has 0 aromatic carbocycles. The predicted molar refractivity (Wildman–Crippen MR) is 58.3 cm³/mol. The lowest BCUT2D eigenvalue weighted by atomic mass is 10.5. The standard InChI is InChI=1S/C8H11N7O2/c1-13-3-5(9)7(16)15(8(13)17)4-6-10-12-14(2)11-6/h3H,4,9H2,1-2H3. The lowest BCUT2D eigenvalue weighted by Crippen LogP contribution is -2.40. The van der Waals surface area contributed by atoms with Crippen LogP contribution in [0.2, 0.25) is 0 Å². The van der Waals surface area contributed by atoms with Gasteiger partial charge in [0.15, 0.2) is 5.82 Å². The second-order valence-corrected chi connectivity index (χ2v) is 3.56. The summed E-state index contributed by atoms with van der Waals surface area (Å²) in [6.07, 6.45) is 1.28. The van der Waals surface area contributed by atoms with Crippen molar-refractivity contribution in [3.63, 3.8) is 0 Å². The van der Waals surface area contributed by atoms with Crippen LogP contribution < -0.4 is 17.0 Å². The minimum atomic E-state index is -0.555. The number of aryl methyl sites for hydroxylation is 2. The van der Waals surface area contributed by atoms with E-state index in [1.807, 2.05) is 0 Å². The Labute approximate surface area is 95.1 Å². The second-order valence-electron chi connectivity index (χ2n) is 3.56. The van der Waals surface area contributed by atoms with E-state index in [9.17, 15) is 9.59 Å². The third-order valence-corrected chi connectivity index (χ3v) is 2.21. The van der Waals surface area contributed by atoms with Crippen LogP contribution in [0.5, 0.6) is 0 Å². The third kappa shape index (κ3) is 1.94. The minimum absolute atomic E-state index is 0.00371. The molecule has 2 N–H and O–H groups in total. The summed E-state index contributed by atoms with van der Waals surface area (Å²) in [5, 5.41) is 11.2. The maximum absolute atomic E-state index is 11.7. The van der Waals surface area contributed by atoms with Gasteiger partial charge in [-0.3, -0.25) is 9.36 Å². The average molecular weight is 237 g/mol. The molecule has 0 bridgehead atoms. The zero-order valence-corrected chi connectivity index (χ0v) is 9.36. The zero-order chi connectivity index (χ0) is 12.6. The van der Waals surface area contributed by atoms with Crippen molar-refractivity contribution in [2.24, 2.45) is 14.1 Å². The fraction of sp³-hybridized carbons (Fsp3) is 0.375. The summed E-state index contributed by atoms with van der Waals surface area (Å²) in [4.78, 5) is 24.7. The number of nitrogens with zero attached hydrogens (tertiary/aromatic N) is 6. The molecule has 9 heteroatoms. The molecule has 0 spiro atoms. The van der Waals surface area contributed by atoms with Crippen LogP contribution in [0.4, 0.5) is 5.69 Å². The highest BCUT2D eigenvalue weighted by molar-refractivity contribution is 5.30. The molecule has 0 atom stereocenters. The quantitative estimate of drug-likeness (QED) is 0.628. The fourth-order valence-corrected chi connectivity index (χ4v) is 1.42. The van der Waals surface area contributed by atoms with Crippen LogP contribution in [0, 0.1) is 0 Å². The van der Waals surface area contributed by atoms with Gasteiger partial charge in [-0.15, -0.1) is 10.2 Å². The zero-order valence-electron chi connectivity index (χ0n) is 9.36. The number of hydrogen-bond donors (Lipinski definition) is 1. The van der Waals surface area contributed by atoms with Gasteiger partial charge < -0.3 is 10.3 Å². The molecule has 0 aliphatic rings. The van der Waals surface area contributed by atoms with Crippen LogP contribution in [-0.4, -0.2) is 29.3 Å². The Morgan fingerprint density at radius 2 is 2.06 bits per heavy atom. The summed E-state index contributed by atoms with van der Waals surface area (Å²) in [5.41, 5.74) is 4.46. The molecule has 0 fully saturated rings. The van der Waals surface area contributed by atoms with Gasteiger partial charge in [-0.25, -0.2) is 4.79 Å². The van der Waals surface area contributed by atoms with Crippen LogP contribution in [0.25, 0.3) is 0 Å². The number of nitrogen functional groups attached to an aromatic ring is 1. The maximum atomic E-state index is 11.7. The highest BCUT2D eigenvalue weighted by atomic mass is 16.2. The first kappa shape index (κ1) is 11.0. The summed E-state index contributed by atoms with van der Waals surface area (Å²) in [6, 6.07) is 0. The lowest BCUT2D eigenvalue weighted by molar-refractivity contribution is 0.608. The summed E-state index contributed by atoms with van der Waals surface area (Å²) < 4.78 is 2.19. The molecule has 0 saturated carbocycles. The van der Waals surface area contributed by atoms with E-state index in [1.165, 1.54) is 22.6 Å². The Hall–Kier alpha value is -2.45. The highest BCUT2D eigenvalue weighted by Gasteiger charge is 2.10. The van der Waals surface area contributed by atoms with Gasteiger partial charge in [0.1, 0.15) is 5.69 Å². The van der Waals surface area contributed by atoms with Gasteiger partial charge in [0.2, 0.25) is 0 Å². The molecule has 0 radical (unpaired) electrons. The normalized spacial score (nSPS) is 10.7. The number of anilines is 1. The number of aromatic nitrogens is 6. The van der Waals surface area contributed by atoms with E-state index < -0.39 is 11.2 Å². The highest BCUT2D eigenvalue weighted by Crippen LogP contribution is 1.91. The van der Waals surface area contributed by atoms with Gasteiger partial charge in [-0.2, -0.15) is 4.80 Å². The molecule has 0 aliphatic carbocycles. The Kier molecular flexibility index (Phi) is 2.50. The molecule has 0 amide bonds. The topological polar surface area (TPSA) is 114 Å². The van der Waals surface area contributed by atoms with Gasteiger partial charge in [-0.05, 0) is 5.21 Å². The number of nitrogens with two attached hydrogens (primary N) is 1. The number of hydrogen-bond acceptors (Lipinski definition) is 6. The van der Waals surface area contributed by atoms with Crippen molar-refractivity contribution in [1.29, 1.82) is 0 Å². The molecule has 2 aromatic rings. The van der Waals surface area contributed by atoms with E-state index in [4.69, 9.17) is 5.73 Å². The van der Waals surface area contributed by atoms with Gasteiger partial charge >= 0.3 is 5.69 Å². The predicted octanol–water partition coefficient (Wildman–Crippen LogP) is -2.30. The summed E-state index contributed by atoms with van der Waals surface area (Å²) in [7, 11) is 3.11. The Morgan fingerprint density at radius 1 is 1.35 bits per heavy atom. The van der Waals surface area contributed by atoms with Crippen LogP contribution in [0.1, 0.15) is 5.82 Å². The van der Waals surface area contributed by atoms with Crippen LogP contribution in [0.3, 0.4) is 0 Å². The SMILES string of the molecule is Cn1nnc(Cn2c(=O)c(N)cn(C)c2=O)n1. The van der Waals surface area contributed by atoms with E-state index >= 15 is 0 Å². The molecule has 90 valence electrons. The molecule has 0 saturated heterocycles. The summed E-state index contributed by atoms with van der Waals surface area (Å²) >= 11 is 0. The largest absolute Gasteiger partial charge is 0.393 e. The molecule has 0 aliphatic heterocycles. The van der Waals surface area contributed by atoms with Gasteiger partial charge in [0.25, 0.3) is 5.56 Å². The van der Waals surface area contributed by atoms with Crippen molar-refractivity contribution in [3.8, 4) is 0 Å². The first-order chi connectivity index (χ1) is 7.99. The van der Waals surface area contributed by atoms with E-state index in [1.54, 1.807) is 7.05 Å². The summed E-state index contributed by atoms with van der Waals surface area (Å²) in [6.45, 7) is -0.0512. The van der Waals surface area contributed by atoms with E-state index in [0.29, 0.717) is 0 Å². The van der Waals surface area contributed by atoms with Crippen molar-refractivity contribution >= 4 is 5.69 Å². The van der Waals surface area contributed by atoms with Crippen molar-refractivity contribution < 1.29 is 0 Å². The molecule has 2 heterocycles. The molecule has 17 heavy (non-hydrogen) atoms. The molecular weight excluding hydrogens is 226 g/mol. The third-order valence-electron chi connectivity index (χ3n) is 2.21. The van der Waals surface area contributed by atoms with Gasteiger partial charge in [0, 0.05) is 13.2 Å². The summed E-state index contributed by atoms with van der Waals surface area (Å²) in [5.74, 6) is 0.275.